The van der Waals surface area contributed by atoms with Crippen LogP contribution in [0.1, 0.15) is 17.0 Å². The van der Waals surface area contributed by atoms with E-state index in [9.17, 15) is 14.0 Å². The first-order valence-corrected chi connectivity index (χ1v) is 7.75. The van der Waals surface area contributed by atoms with Crippen molar-refractivity contribution in [2.24, 2.45) is 7.05 Å². The second kappa shape index (κ2) is 7.94. The molecule has 0 saturated heterocycles. The highest BCUT2D eigenvalue weighted by molar-refractivity contribution is 6.30. The number of anilines is 1. The predicted molar refractivity (Wildman–Crippen MR) is 92.7 cm³/mol. The average molecular weight is 366 g/mol. The Morgan fingerprint density at radius 1 is 1.40 bits per heavy atom. The van der Waals surface area contributed by atoms with Crippen molar-refractivity contribution in [2.45, 2.75) is 13.8 Å². The van der Waals surface area contributed by atoms with Gasteiger partial charge in [0.1, 0.15) is 5.82 Å². The molecule has 1 amide bonds. The van der Waals surface area contributed by atoms with E-state index in [-0.39, 0.29) is 10.7 Å². The molecule has 2 rings (SSSR count). The average Bonchev–Trinajstić information content (AvgIpc) is 2.79. The van der Waals surface area contributed by atoms with Gasteiger partial charge in [-0.05, 0) is 38.1 Å². The molecule has 0 bridgehead atoms. The predicted octanol–water partition coefficient (Wildman–Crippen LogP) is 3.02. The second-order valence-corrected chi connectivity index (χ2v) is 5.76. The van der Waals surface area contributed by atoms with Gasteiger partial charge in [0.05, 0.1) is 11.4 Å². The lowest BCUT2D eigenvalue weighted by Gasteiger charge is -2.06. The molecule has 1 N–H and O–H groups in total. The maximum Gasteiger partial charge on any atom is 0.331 e. The standard InChI is InChI=1S/C17H17ClFN3O3/c1-10-13(11(2)22(3)21-10)5-7-17(24)25-9-16(23)20-15-6-4-12(18)8-14(15)19/h4-8H,9H2,1-3H3,(H,20,23)/b7-5+. The summed E-state index contributed by atoms with van der Waals surface area (Å²) in [4.78, 5) is 23.4. The third-order valence-electron chi connectivity index (χ3n) is 3.50. The van der Waals surface area contributed by atoms with Gasteiger partial charge < -0.3 is 10.1 Å². The summed E-state index contributed by atoms with van der Waals surface area (Å²) in [6.07, 6.45) is 2.80. The maximum atomic E-state index is 13.6. The number of aryl methyl sites for hydroxylation is 2. The highest BCUT2D eigenvalue weighted by Crippen LogP contribution is 2.18. The number of ether oxygens (including phenoxy) is 1. The second-order valence-electron chi connectivity index (χ2n) is 5.32. The van der Waals surface area contributed by atoms with Crippen molar-refractivity contribution < 1.29 is 18.7 Å². The first-order valence-electron chi connectivity index (χ1n) is 7.38. The first kappa shape index (κ1) is 18.7. The van der Waals surface area contributed by atoms with Crippen molar-refractivity contribution in [1.29, 1.82) is 0 Å². The fraction of sp³-hybridized carbons (Fsp3) is 0.235. The van der Waals surface area contributed by atoms with E-state index in [1.165, 1.54) is 18.2 Å². The number of amides is 1. The normalized spacial score (nSPS) is 10.9. The van der Waals surface area contributed by atoms with Gasteiger partial charge in [0.25, 0.3) is 5.91 Å². The molecule has 25 heavy (non-hydrogen) atoms. The van der Waals surface area contributed by atoms with E-state index in [1.54, 1.807) is 17.8 Å². The van der Waals surface area contributed by atoms with E-state index in [0.29, 0.717) is 0 Å². The van der Waals surface area contributed by atoms with Gasteiger partial charge in [0.15, 0.2) is 6.61 Å². The van der Waals surface area contributed by atoms with Gasteiger partial charge in [-0.25, -0.2) is 9.18 Å². The van der Waals surface area contributed by atoms with Crippen molar-refractivity contribution in [3.05, 3.63) is 52.1 Å². The highest BCUT2D eigenvalue weighted by atomic mass is 35.5. The van der Waals surface area contributed by atoms with E-state index in [1.807, 2.05) is 13.8 Å². The lowest BCUT2D eigenvalue weighted by molar-refractivity contribution is -0.142. The quantitative estimate of drug-likeness (QED) is 0.653. The van der Waals surface area contributed by atoms with Crippen molar-refractivity contribution in [2.75, 3.05) is 11.9 Å². The van der Waals surface area contributed by atoms with E-state index >= 15 is 0 Å². The summed E-state index contributed by atoms with van der Waals surface area (Å²) < 4.78 is 20.1. The number of carbonyl (C=O) groups is 2. The van der Waals surface area contributed by atoms with Crippen LogP contribution >= 0.6 is 11.6 Å². The monoisotopic (exact) mass is 365 g/mol. The first-order chi connectivity index (χ1) is 11.8. The molecular formula is C17H17ClFN3O3. The van der Waals surface area contributed by atoms with Gasteiger partial charge in [-0.15, -0.1) is 0 Å². The Balaban J connectivity index is 1.89. The molecule has 0 radical (unpaired) electrons. The van der Waals surface area contributed by atoms with E-state index in [2.05, 4.69) is 10.4 Å². The zero-order valence-electron chi connectivity index (χ0n) is 14.0. The topological polar surface area (TPSA) is 73.2 Å². The molecule has 0 aliphatic carbocycles. The van der Waals surface area contributed by atoms with Gasteiger partial charge >= 0.3 is 5.97 Å². The fourth-order valence-corrected chi connectivity index (χ4v) is 2.30. The number of hydrogen-bond donors (Lipinski definition) is 1. The van der Waals surface area contributed by atoms with Crippen molar-refractivity contribution in [1.82, 2.24) is 9.78 Å². The van der Waals surface area contributed by atoms with Gasteiger partial charge in [-0.3, -0.25) is 9.48 Å². The van der Waals surface area contributed by atoms with E-state index in [0.717, 1.165) is 23.0 Å². The Bertz CT molecular complexity index is 846. The third kappa shape index (κ3) is 4.90. The summed E-state index contributed by atoms with van der Waals surface area (Å²) in [6.45, 7) is 3.17. The van der Waals surface area contributed by atoms with Gasteiger partial charge in [-0.1, -0.05) is 11.6 Å². The Morgan fingerprint density at radius 2 is 2.12 bits per heavy atom. The van der Waals surface area contributed by atoms with Crippen LogP contribution in [0.5, 0.6) is 0 Å². The number of hydrogen-bond acceptors (Lipinski definition) is 4. The number of benzene rings is 1. The Labute approximate surface area is 149 Å². The summed E-state index contributed by atoms with van der Waals surface area (Å²) >= 11 is 5.63. The molecule has 132 valence electrons. The summed E-state index contributed by atoms with van der Waals surface area (Å²) in [5.41, 5.74) is 2.45. The molecule has 0 fully saturated rings. The minimum absolute atomic E-state index is 0.0393. The highest BCUT2D eigenvalue weighted by Gasteiger charge is 2.10. The zero-order chi connectivity index (χ0) is 18.6. The molecule has 0 aliphatic rings. The summed E-state index contributed by atoms with van der Waals surface area (Å²) in [7, 11) is 1.80. The molecule has 1 heterocycles. The van der Waals surface area contributed by atoms with Crippen LogP contribution in [0.15, 0.2) is 24.3 Å². The Morgan fingerprint density at radius 3 is 2.72 bits per heavy atom. The number of carbonyl (C=O) groups excluding carboxylic acids is 2. The van der Waals surface area contributed by atoms with Crippen LogP contribution in [-0.2, 0) is 21.4 Å². The molecule has 2 aromatic rings. The summed E-state index contributed by atoms with van der Waals surface area (Å²) in [5, 5.41) is 6.74. The minimum Gasteiger partial charge on any atom is -0.452 e. The zero-order valence-corrected chi connectivity index (χ0v) is 14.7. The number of aromatic nitrogens is 2. The Kier molecular flexibility index (Phi) is 5.93. The fourth-order valence-electron chi connectivity index (χ4n) is 2.14. The number of rotatable bonds is 5. The van der Waals surface area contributed by atoms with E-state index in [4.69, 9.17) is 16.3 Å². The molecule has 8 heteroatoms. The summed E-state index contributed by atoms with van der Waals surface area (Å²) in [5.74, 6) is -2.01. The molecule has 0 atom stereocenters. The lowest BCUT2D eigenvalue weighted by Crippen LogP contribution is -2.20. The van der Waals surface area contributed by atoms with Crippen LogP contribution in [-0.4, -0.2) is 28.3 Å². The molecular weight excluding hydrogens is 349 g/mol. The molecule has 0 saturated carbocycles. The number of nitrogens with zero attached hydrogens (tertiary/aromatic N) is 2. The van der Waals surface area contributed by atoms with Gasteiger partial charge in [0, 0.05) is 29.4 Å². The van der Waals surface area contributed by atoms with Gasteiger partial charge in [0.2, 0.25) is 0 Å². The Hall–Kier alpha value is -2.67. The van der Waals surface area contributed by atoms with Crippen molar-refractivity contribution in [3.8, 4) is 0 Å². The van der Waals surface area contributed by atoms with Crippen molar-refractivity contribution in [3.63, 3.8) is 0 Å². The maximum absolute atomic E-state index is 13.6. The van der Waals surface area contributed by atoms with Crippen LogP contribution < -0.4 is 5.32 Å². The van der Waals surface area contributed by atoms with Crippen LogP contribution in [0.3, 0.4) is 0 Å². The van der Waals surface area contributed by atoms with E-state index < -0.39 is 24.3 Å². The number of halogens is 2. The number of esters is 1. The largest absolute Gasteiger partial charge is 0.452 e. The smallest absolute Gasteiger partial charge is 0.331 e. The number of nitrogens with one attached hydrogen (secondary N) is 1. The van der Waals surface area contributed by atoms with Crippen molar-refractivity contribution >= 4 is 35.2 Å². The van der Waals surface area contributed by atoms with Crippen LogP contribution in [0.4, 0.5) is 10.1 Å². The molecule has 0 aliphatic heterocycles. The van der Waals surface area contributed by atoms with Crippen LogP contribution in [0, 0.1) is 19.7 Å². The molecule has 1 aromatic heterocycles. The SMILES string of the molecule is Cc1nn(C)c(C)c1/C=C/C(=O)OCC(=O)Nc1ccc(Cl)cc1F. The summed E-state index contributed by atoms with van der Waals surface area (Å²) in [6, 6.07) is 3.84. The van der Waals surface area contributed by atoms with Crippen LogP contribution in [0.25, 0.3) is 6.08 Å². The van der Waals surface area contributed by atoms with Crippen LogP contribution in [0.2, 0.25) is 5.02 Å². The molecule has 6 nitrogen and oxygen atoms in total. The molecule has 1 aromatic carbocycles. The van der Waals surface area contributed by atoms with Gasteiger partial charge in [-0.2, -0.15) is 5.10 Å². The molecule has 0 unspecified atom stereocenters. The third-order valence-corrected chi connectivity index (χ3v) is 3.74. The minimum atomic E-state index is -0.686. The lowest BCUT2D eigenvalue weighted by atomic mass is 10.2. The molecule has 0 spiro atoms.